The van der Waals surface area contributed by atoms with E-state index in [1.165, 1.54) is 6.42 Å². The van der Waals surface area contributed by atoms with Crippen molar-refractivity contribution in [1.29, 1.82) is 5.26 Å². The van der Waals surface area contributed by atoms with Gasteiger partial charge in [-0.3, -0.25) is 0 Å². The highest BCUT2D eigenvalue weighted by Crippen LogP contribution is 2.27. The van der Waals surface area contributed by atoms with Crippen LogP contribution >= 0.6 is 0 Å². The fourth-order valence-corrected chi connectivity index (χ4v) is 4.36. The van der Waals surface area contributed by atoms with Gasteiger partial charge in [0.05, 0.1) is 11.8 Å². The van der Waals surface area contributed by atoms with Crippen LogP contribution in [0.15, 0.2) is 0 Å². The van der Waals surface area contributed by atoms with Crippen molar-refractivity contribution in [2.24, 2.45) is 11.3 Å². The van der Waals surface area contributed by atoms with Gasteiger partial charge in [0, 0.05) is 0 Å². The van der Waals surface area contributed by atoms with E-state index in [-0.39, 0.29) is 17.1 Å². The second kappa shape index (κ2) is 6.03. The Morgan fingerprint density at radius 1 is 1.28 bits per heavy atom. The molecule has 1 aliphatic carbocycles. The number of sulfonamides is 1. The Morgan fingerprint density at radius 2 is 1.83 bits per heavy atom. The molecule has 1 saturated carbocycles. The largest absolute Gasteiger partial charge is 0.213 e. The van der Waals surface area contributed by atoms with Crippen molar-refractivity contribution in [1.82, 2.24) is 4.72 Å². The highest BCUT2D eigenvalue weighted by atomic mass is 32.2. The number of nitrogens with one attached hydrogen (secondary N) is 1. The van der Waals surface area contributed by atoms with Gasteiger partial charge in [-0.05, 0) is 24.2 Å². The van der Waals surface area contributed by atoms with E-state index in [1.54, 1.807) is 0 Å². The number of rotatable bonds is 4. The normalized spacial score (nSPS) is 20.3. The molecule has 0 aromatic heterocycles. The zero-order chi connectivity index (χ0) is 13.8. The van der Waals surface area contributed by atoms with E-state index in [0.717, 1.165) is 25.7 Å². The van der Waals surface area contributed by atoms with Crippen LogP contribution in [0.25, 0.3) is 0 Å². The van der Waals surface area contributed by atoms with Gasteiger partial charge >= 0.3 is 0 Å². The van der Waals surface area contributed by atoms with Gasteiger partial charge in [0.1, 0.15) is 6.04 Å². The van der Waals surface area contributed by atoms with Gasteiger partial charge < -0.3 is 0 Å². The summed E-state index contributed by atoms with van der Waals surface area (Å²) in [6, 6.07) is 1.57. The molecule has 5 heteroatoms. The fourth-order valence-electron chi connectivity index (χ4n) is 2.50. The zero-order valence-corrected chi connectivity index (χ0v) is 12.4. The molecule has 0 saturated heterocycles. The summed E-state index contributed by atoms with van der Waals surface area (Å²) in [5.74, 6) is 0.240. The molecule has 0 aliphatic heterocycles. The predicted molar refractivity (Wildman–Crippen MR) is 72.4 cm³/mol. The van der Waals surface area contributed by atoms with Gasteiger partial charge in [0.25, 0.3) is 0 Å². The molecule has 1 N–H and O–H groups in total. The lowest BCUT2D eigenvalue weighted by Gasteiger charge is -2.27. The first-order valence-electron chi connectivity index (χ1n) is 6.63. The molecule has 0 bridgehead atoms. The summed E-state index contributed by atoms with van der Waals surface area (Å²) in [4.78, 5) is 0. The summed E-state index contributed by atoms with van der Waals surface area (Å²) < 4.78 is 26.6. The highest BCUT2D eigenvalue weighted by molar-refractivity contribution is 7.89. The molecule has 104 valence electrons. The molecular weight excluding hydrogens is 248 g/mol. The SMILES string of the molecule is CC(C)(C)CS(=O)(=O)NC(C#N)C1CCCCC1. The van der Waals surface area contributed by atoms with Crippen LogP contribution in [0, 0.1) is 22.7 Å². The van der Waals surface area contributed by atoms with E-state index in [9.17, 15) is 8.42 Å². The van der Waals surface area contributed by atoms with Gasteiger partial charge in [-0.15, -0.1) is 0 Å². The molecule has 0 aromatic carbocycles. The lowest BCUT2D eigenvalue weighted by molar-refractivity contribution is 0.322. The molecular formula is C13H24N2O2S. The zero-order valence-electron chi connectivity index (χ0n) is 11.6. The van der Waals surface area contributed by atoms with Crippen LogP contribution in [0.2, 0.25) is 0 Å². The average Bonchev–Trinajstić information content (AvgIpc) is 2.24. The highest BCUT2D eigenvalue weighted by Gasteiger charge is 2.29. The molecule has 1 atom stereocenters. The molecule has 1 unspecified atom stereocenters. The fraction of sp³-hybridized carbons (Fsp3) is 0.923. The summed E-state index contributed by atoms with van der Waals surface area (Å²) in [6.07, 6.45) is 5.31. The second-order valence-electron chi connectivity index (χ2n) is 6.44. The molecule has 0 spiro atoms. The van der Waals surface area contributed by atoms with Crippen LogP contribution in [-0.2, 0) is 10.0 Å². The smallest absolute Gasteiger partial charge is 0.212 e. The number of nitrogens with zero attached hydrogens (tertiary/aromatic N) is 1. The third-order valence-electron chi connectivity index (χ3n) is 3.19. The maximum atomic E-state index is 12.0. The van der Waals surface area contributed by atoms with Crippen LogP contribution in [-0.4, -0.2) is 20.2 Å². The van der Waals surface area contributed by atoms with Crippen LogP contribution < -0.4 is 4.72 Å². The Morgan fingerprint density at radius 3 is 2.28 bits per heavy atom. The van der Waals surface area contributed by atoms with Gasteiger partial charge in [0.2, 0.25) is 10.0 Å². The van der Waals surface area contributed by atoms with Crippen molar-refractivity contribution in [2.45, 2.75) is 58.9 Å². The molecule has 0 radical (unpaired) electrons. The molecule has 18 heavy (non-hydrogen) atoms. The number of nitriles is 1. The second-order valence-corrected chi connectivity index (χ2v) is 8.20. The molecule has 0 amide bonds. The third kappa shape index (κ3) is 5.36. The average molecular weight is 272 g/mol. The predicted octanol–water partition coefficient (Wildman–Crippen LogP) is 2.42. The first kappa shape index (κ1) is 15.5. The Labute approximate surface area is 111 Å². The standard InChI is InChI=1S/C13H24N2O2S/c1-13(2,3)10-18(16,17)15-12(9-14)11-7-5-4-6-8-11/h11-12,15H,4-8,10H2,1-3H3. The third-order valence-corrected chi connectivity index (χ3v) is 5.05. The first-order chi connectivity index (χ1) is 8.23. The van der Waals surface area contributed by atoms with Crippen LogP contribution in [0.1, 0.15) is 52.9 Å². The van der Waals surface area contributed by atoms with E-state index < -0.39 is 16.1 Å². The van der Waals surface area contributed by atoms with E-state index in [4.69, 9.17) is 5.26 Å². The van der Waals surface area contributed by atoms with E-state index in [0.29, 0.717) is 0 Å². The van der Waals surface area contributed by atoms with Crippen molar-refractivity contribution in [3.05, 3.63) is 0 Å². The number of hydrogen-bond donors (Lipinski definition) is 1. The first-order valence-corrected chi connectivity index (χ1v) is 8.28. The Bertz CT molecular complexity index is 398. The van der Waals surface area contributed by atoms with Crippen molar-refractivity contribution < 1.29 is 8.42 Å². The molecule has 0 heterocycles. The number of hydrogen-bond acceptors (Lipinski definition) is 3. The summed E-state index contributed by atoms with van der Waals surface area (Å²) in [6.45, 7) is 5.65. The Kier molecular flexibility index (Phi) is 5.18. The van der Waals surface area contributed by atoms with Crippen molar-refractivity contribution >= 4 is 10.0 Å². The van der Waals surface area contributed by atoms with E-state index in [1.807, 2.05) is 20.8 Å². The summed E-state index contributed by atoms with van der Waals surface area (Å²) >= 11 is 0. The topological polar surface area (TPSA) is 70.0 Å². The summed E-state index contributed by atoms with van der Waals surface area (Å²) in [5, 5.41) is 9.16. The molecule has 0 aromatic rings. The Balaban J connectivity index is 2.65. The lowest BCUT2D eigenvalue weighted by Crippen LogP contribution is -2.43. The van der Waals surface area contributed by atoms with Crippen LogP contribution in [0.5, 0.6) is 0 Å². The molecule has 1 fully saturated rings. The summed E-state index contributed by atoms with van der Waals surface area (Å²) in [7, 11) is -3.37. The molecule has 1 aliphatic rings. The minimum Gasteiger partial charge on any atom is -0.212 e. The minimum absolute atomic E-state index is 0.0604. The summed E-state index contributed by atoms with van der Waals surface area (Å²) in [5.41, 5.74) is -0.293. The van der Waals surface area contributed by atoms with Gasteiger partial charge in [-0.1, -0.05) is 40.0 Å². The molecule has 4 nitrogen and oxygen atoms in total. The van der Waals surface area contributed by atoms with Crippen molar-refractivity contribution in [3.63, 3.8) is 0 Å². The van der Waals surface area contributed by atoms with Crippen LogP contribution in [0.4, 0.5) is 0 Å². The van der Waals surface area contributed by atoms with E-state index >= 15 is 0 Å². The maximum Gasteiger partial charge on any atom is 0.213 e. The van der Waals surface area contributed by atoms with Gasteiger partial charge in [-0.25, -0.2) is 8.42 Å². The minimum atomic E-state index is -3.37. The Hall–Kier alpha value is -0.600. The quantitative estimate of drug-likeness (QED) is 0.854. The van der Waals surface area contributed by atoms with Gasteiger partial charge in [0.15, 0.2) is 0 Å². The monoisotopic (exact) mass is 272 g/mol. The van der Waals surface area contributed by atoms with Crippen molar-refractivity contribution in [3.8, 4) is 6.07 Å². The maximum absolute atomic E-state index is 12.0. The molecule has 1 rings (SSSR count). The van der Waals surface area contributed by atoms with Gasteiger partial charge in [-0.2, -0.15) is 9.98 Å². The van der Waals surface area contributed by atoms with Crippen LogP contribution in [0.3, 0.4) is 0 Å². The van der Waals surface area contributed by atoms with Crippen molar-refractivity contribution in [2.75, 3.05) is 5.75 Å². The van der Waals surface area contributed by atoms with E-state index in [2.05, 4.69) is 10.8 Å². The lowest BCUT2D eigenvalue weighted by atomic mass is 9.85.